The first-order valence-corrected chi connectivity index (χ1v) is 12.5. The minimum Gasteiger partial charge on any atom is -0.352 e. The zero-order valence-corrected chi connectivity index (χ0v) is 20.9. The minimum atomic E-state index is -0.669. The molecule has 0 fully saturated rings. The fourth-order valence-electron chi connectivity index (χ4n) is 3.16. The van der Waals surface area contributed by atoms with Crippen molar-refractivity contribution < 1.29 is 14.0 Å². The molecule has 0 aromatic heterocycles. The quantitative estimate of drug-likeness (QED) is 0.407. The van der Waals surface area contributed by atoms with Gasteiger partial charge in [0.2, 0.25) is 11.8 Å². The molecule has 8 heteroatoms. The maximum absolute atomic E-state index is 13.9. The molecule has 0 radical (unpaired) electrons. The summed E-state index contributed by atoms with van der Waals surface area (Å²) in [6.07, 6.45) is 1.22. The van der Waals surface area contributed by atoms with Gasteiger partial charge in [0.05, 0.1) is 5.75 Å². The molecule has 0 aliphatic heterocycles. The van der Waals surface area contributed by atoms with Crippen molar-refractivity contribution in [1.82, 2.24) is 10.2 Å². The van der Waals surface area contributed by atoms with E-state index in [1.165, 1.54) is 22.7 Å². The second-order valence-electron chi connectivity index (χ2n) is 7.55. The van der Waals surface area contributed by atoms with Gasteiger partial charge < -0.3 is 10.2 Å². The Bertz CT molecular complexity index is 908. The van der Waals surface area contributed by atoms with Crippen LogP contribution in [0, 0.1) is 5.82 Å². The summed E-state index contributed by atoms with van der Waals surface area (Å²) in [7, 11) is 0. The van der Waals surface area contributed by atoms with Gasteiger partial charge in [-0.25, -0.2) is 4.39 Å². The fraction of sp³-hybridized carbons (Fsp3) is 0.417. The van der Waals surface area contributed by atoms with E-state index in [1.807, 2.05) is 20.8 Å². The molecule has 174 valence electrons. The van der Waals surface area contributed by atoms with Crippen LogP contribution >= 0.6 is 35.0 Å². The molecule has 2 aromatic carbocycles. The first-order valence-electron chi connectivity index (χ1n) is 10.6. The van der Waals surface area contributed by atoms with E-state index in [9.17, 15) is 14.0 Å². The lowest BCUT2D eigenvalue weighted by Crippen LogP contribution is -2.51. The van der Waals surface area contributed by atoms with Crippen LogP contribution in [0.1, 0.15) is 44.7 Å². The zero-order chi connectivity index (χ0) is 23.7. The predicted molar refractivity (Wildman–Crippen MR) is 132 cm³/mol. The molecule has 0 saturated heterocycles. The minimum absolute atomic E-state index is 0.00664. The Labute approximate surface area is 203 Å². The molecule has 1 N–H and O–H groups in total. The van der Waals surface area contributed by atoms with Crippen molar-refractivity contribution >= 4 is 46.8 Å². The molecule has 2 aromatic rings. The molecule has 2 atom stereocenters. The van der Waals surface area contributed by atoms with E-state index in [2.05, 4.69) is 5.32 Å². The van der Waals surface area contributed by atoms with Crippen LogP contribution in [0.15, 0.2) is 42.5 Å². The fourth-order valence-corrected chi connectivity index (χ4v) is 4.57. The van der Waals surface area contributed by atoms with Crippen molar-refractivity contribution in [1.29, 1.82) is 0 Å². The number of carbonyl (C=O) groups is 2. The van der Waals surface area contributed by atoms with Gasteiger partial charge in [0.15, 0.2) is 0 Å². The van der Waals surface area contributed by atoms with Crippen molar-refractivity contribution in [3.8, 4) is 0 Å². The van der Waals surface area contributed by atoms with Crippen molar-refractivity contribution in [2.75, 3.05) is 5.75 Å². The van der Waals surface area contributed by atoms with Crippen LogP contribution in [0.3, 0.4) is 0 Å². The third kappa shape index (κ3) is 7.39. The molecule has 2 rings (SSSR count). The van der Waals surface area contributed by atoms with E-state index in [0.29, 0.717) is 33.3 Å². The highest BCUT2D eigenvalue weighted by atomic mass is 35.5. The number of benzene rings is 2. The molecule has 0 spiro atoms. The second-order valence-corrected chi connectivity index (χ2v) is 9.35. The Kier molecular flexibility index (Phi) is 10.8. The Morgan fingerprint density at radius 2 is 1.72 bits per heavy atom. The lowest BCUT2D eigenvalue weighted by molar-refractivity contribution is -0.139. The number of thioether (sulfide) groups is 1. The van der Waals surface area contributed by atoms with E-state index in [-0.39, 0.29) is 36.0 Å². The molecule has 4 nitrogen and oxygen atoms in total. The second kappa shape index (κ2) is 13.1. The number of amides is 2. The zero-order valence-electron chi connectivity index (χ0n) is 18.5. The predicted octanol–water partition coefficient (Wildman–Crippen LogP) is 6.09. The van der Waals surface area contributed by atoms with Crippen LogP contribution in [0.25, 0.3) is 0 Å². The molecular formula is C24H29Cl2FN2O2S. The van der Waals surface area contributed by atoms with Crippen molar-refractivity contribution in [3.05, 3.63) is 69.5 Å². The topological polar surface area (TPSA) is 49.4 Å². The van der Waals surface area contributed by atoms with Gasteiger partial charge in [0.25, 0.3) is 0 Å². The Hall–Kier alpha value is -1.76. The summed E-state index contributed by atoms with van der Waals surface area (Å²) >= 11 is 14.0. The van der Waals surface area contributed by atoms with Crippen molar-refractivity contribution in [2.24, 2.45) is 0 Å². The number of hydrogen-bond acceptors (Lipinski definition) is 3. The highest BCUT2D eigenvalue weighted by Gasteiger charge is 2.30. The molecule has 2 amide bonds. The van der Waals surface area contributed by atoms with Crippen LogP contribution in [0.4, 0.5) is 4.39 Å². The number of nitrogens with zero attached hydrogens (tertiary/aromatic N) is 1. The van der Waals surface area contributed by atoms with E-state index in [4.69, 9.17) is 23.2 Å². The lowest BCUT2D eigenvalue weighted by atomic mass is 10.1. The van der Waals surface area contributed by atoms with Crippen molar-refractivity contribution in [2.45, 2.75) is 58.0 Å². The van der Waals surface area contributed by atoms with E-state index < -0.39 is 6.04 Å². The van der Waals surface area contributed by atoms with Crippen molar-refractivity contribution in [3.63, 3.8) is 0 Å². The average Bonchev–Trinajstić information content (AvgIpc) is 2.76. The first-order chi connectivity index (χ1) is 15.3. The Morgan fingerprint density at radius 1 is 1.06 bits per heavy atom. The van der Waals surface area contributed by atoms with E-state index in [1.54, 1.807) is 36.4 Å². The van der Waals surface area contributed by atoms with Gasteiger partial charge in [0.1, 0.15) is 11.9 Å². The van der Waals surface area contributed by atoms with E-state index >= 15 is 0 Å². The maximum Gasteiger partial charge on any atom is 0.243 e. The summed E-state index contributed by atoms with van der Waals surface area (Å²) < 4.78 is 13.9. The SMILES string of the molecule is CC[C@H](C)NC(=O)[C@H](CC)N(Cc1c(Cl)cccc1Cl)C(=O)CSCc1ccccc1F. The summed E-state index contributed by atoms with van der Waals surface area (Å²) in [5.74, 6) is -0.282. The van der Waals surface area contributed by atoms with Crippen LogP contribution in [0.2, 0.25) is 10.0 Å². The Balaban J connectivity index is 2.22. The molecule has 0 aliphatic carbocycles. The number of carbonyl (C=O) groups excluding carboxylic acids is 2. The lowest BCUT2D eigenvalue weighted by Gasteiger charge is -2.32. The van der Waals surface area contributed by atoms with Crippen LogP contribution in [0.5, 0.6) is 0 Å². The summed E-state index contributed by atoms with van der Waals surface area (Å²) in [6.45, 7) is 5.88. The number of rotatable bonds is 11. The average molecular weight is 499 g/mol. The van der Waals surface area contributed by atoms with Gasteiger partial charge in [-0.05, 0) is 43.5 Å². The van der Waals surface area contributed by atoms with Gasteiger partial charge in [0, 0.05) is 33.9 Å². The number of nitrogens with one attached hydrogen (secondary N) is 1. The van der Waals surface area contributed by atoms with Gasteiger partial charge in [-0.2, -0.15) is 0 Å². The van der Waals surface area contributed by atoms with Gasteiger partial charge in [-0.15, -0.1) is 11.8 Å². The highest BCUT2D eigenvalue weighted by molar-refractivity contribution is 7.99. The van der Waals surface area contributed by atoms with Gasteiger partial charge in [-0.3, -0.25) is 9.59 Å². The molecular weight excluding hydrogens is 470 g/mol. The molecule has 0 bridgehead atoms. The van der Waals surface area contributed by atoms with E-state index in [0.717, 1.165) is 6.42 Å². The Morgan fingerprint density at radius 3 is 2.31 bits per heavy atom. The summed E-state index contributed by atoms with van der Waals surface area (Å²) in [4.78, 5) is 27.7. The van der Waals surface area contributed by atoms with Crippen LogP contribution in [-0.2, 0) is 21.9 Å². The summed E-state index contributed by atoms with van der Waals surface area (Å²) in [5.41, 5.74) is 1.13. The standard InChI is InChI=1S/C24H29Cl2FN2O2S/c1-4-16(3)28-24(31)22(5-2)29(13-18-19(25)10-8-11-20(18)26)23(30)15-32-14-17-9-6-7-12-21(17)27/h6-12,16,22H,4-5,13-15H2,1-3H3,(H,28,31)/t16-,22-/m0/s1. The monoisotopic (exact) mass is 498 g/mol. The number of hydrogen-bond donors (Lipinski definition) is 1. The third-order valence-electron chi connectivity index (χ3n) is 5.22. The molecule has 0 aliphatic rings. The third-order valence-corrected chi connectivity index (χ3v) is 6.89. The molecule has 0 unspecified atom stereocenters. The normalized spacial score (nSPS) is 12.8. The molecule has 32 heavy (non-hydrogen) atoms. The van der Waals surface area contributed by atoms with Gasteiger partial charge >= 0.3 is 0 Å². The smallest absolute Gasteiger partial charge is 0.243 e. The molecule has 0 heterocycles. The maximum atomic E-state index is 13.9. The number of halogens is 3. The van der Waals surface area contributed by atoms with Gasteiger partial charge in [-0.1, -0.05) is 61.3 Å². The summed E-state index contributed by atoms with van der Waals surface area (Å²) in [6, 6.07) is 11.0. The largest absolute Gasteiger partial charge is 0.352 e. The van der Waals surface area contributed by atoms with Crippen LogP contribution in [-0.4, -0.2) is 34.6 Å². The van der Waals surface area contributed by atoms with Crippen LogP contribution < -0.4 is 5.32 Å². The highest BCUT2D eigenvalue weighted by Crippen LogP contribution is 2.27. The molecule has 0 saturated carbocycles. The summed E-state index contributed by atoms with van der Waals surface area (Å²) in [5, 5.41) is 3.84. The first kappa shape index (κ1) is 26.5.